The molecule has 0 bridgehead atoms. The van der Waals surface area contributed by atoms with E-state index in [1.165, 1.54) is 16.8 Å². The predicted molar refractivity (Wildman–Crippen MR) is 121 cm³/mol. The number of primary amides is 1. The SMILES string of the molecule is NC(=O)c1nn(CC(=O)NC(CC2CC2)C(=O)NCc2cccc(Cl)c2F)c2ccccc12. The summed E-state index contributed by atoms with van der Waals surface area (Å²) in [5.41, 5.74) is 6.33. The summed E-state index contributed by atoms with van der Waals surface area (Å²) in [5, 5.41) is 10.1. The van der Waals surface area contributed by atoms with Gasteiger partial charge in [-0.2, -0.15) is 5.10 Å². The van der Waals surface area contributed by atoms with Crippen molar-refractivity contribution in [2.24, 2.45) is 11.7 Å². The van der Waals surface area contributed by atoms with E-state index in [0.29, 0.717) is 23.2 Å². The number of carbonyl (C=O) groups excluding carboxylic acids is 3. The Morgan fingerprint density at radius 1 is 1.18 bits per heavy atom. The van der Waals surface area contributed by atoms with Crippen LogP contribution in [0.3, 0.4) is 0 Å². The molecule has 0 spiro atoms. The molecule has 0 saturated heterocycles. The summed E-state index contributed by atoms with van der Waals surface area (Å²) in [5.74, 6) is -1.76. The summed E-state index contributed by atoms with van der Waals surface area (Å²) in [6.45, 7) is -0.237. The molecule has 1 aromatic heterocycles. The first-order valence-corrected chi connectivity index (χ1v) is 11.0. The fourth-order valence-electron chi connectivity index (χ4n) is 3.71. The van der Waals surface area contributed by atoms with Crippen molar-refractivity contribution in [3.05, 3.63) is 64.6 Å². The number of para-hydroxylation sites is 1. The van der Waals surface area contributed by atoms with E-state index in [4.69, 9.17) is 17.3 Å². The standard InChI is InChI=1S/C23H23ClFN5O3/c24-16-6-3-4-14(20(16)25)11-27-23(33)17(10-13-8-9-13)28-19(31)12-30-18-7-2-1-5-15(18)21(29-30)22(26)32/h1-7,13,17H,8-12H2,(H2,26,32)(H,27,33)(H,28,31). The smallest absolute Gasteiger partial charge is 0.269 e. The van der Waals surface area contributed by atoms with Crippen LogP contribution in [0.5, 0.6) is 0 Å². The molecule has 1 heterocycles. The molecule has 1 saturated carbocycles. The summed E-state index contributed by atoms with van der Waals surface area (Å²) < 4.78 is 15.5. The van der Waals surface area contributed by atoms with E-state index in [9.17, 15) is 18.8 Å². The molecule has 1 aliphatic rings. The lowest BCUT2D eigenvalue weighted by Gasteiger charge is -2.19. The minimum absolute atomic E-state index is 0.0219. The van der Waals surface area contributed by atoms with E-state index in [-0.39, 0.29) is 29.4 Å². The van der Waals surface area contributed by atoms with Crippen LogP contribution < -0.4 is 16.4 Å². The summed E-state index contributed by atoms with van der Waals surface area (Å²) in [6, 6.07) is 10.7. The van der Waals surface area contributed by atoms with Crippen molar-refractivity contribution < 1.29 is 18.8 Å². The molecule has 1 atom stereocenters. The zero-order valence-corrected chi connectivity index (χ0v) is 18.4. The lowest BCUT2D eigenvalue weighted by atomic mass is 10.1. The first-order chi connectivity index (χ1) is 15.8. The van der Waals surface area contributed by atoms with Crippen molar-refractivity contribution in [3.8, 4) is 0 Å². The average Bonchev–Trinajstić information content (AvgIpc) is 3.53. The number of fused-ring (bicyclic) bond motifs is 1. The van der Waals surface area contributed by atoms with Gasteiger partial charge < -0.3 is 16.4 Å². The first-order valence-electron chi connectivity index (χ1n) is 10.6. The molecular formula is C23H23ClFN5O3. The molecule has 0 radical (unpaired) electrons. The predicted octanol–water partition coefficient (Wildman–Crippen LogP) is 2.53. The fraction of sp³-hybridized carbons (Fsp3) is 0.304. The van der Waals surface area contributed by atoms with E-state index in [2.05, 4.69) is 15.7 Å². The van der Waals surface area contributed by atoms with Gasteiger partial charge in [0, 0.05) is 17.5 Å². The Bertz CT molecular complexity index is 1220. The van der Waals surface area contributed by atoms with E-state index in [1.54, 1.807) is 30.3 Å². The maximum Gasteiger partial charge on any atom is 0.269 e. The Labute approximate surface area is 194 Å². The Hall–Kier alpha value is -3.46. The van der Waals surface area contributed by atoms with E-state index < -0.39 is 29.6 Å². The third-order valence-corrected chi connectivity index (χ3v) is 5.88. The lowest BCUT2D eigenvalue weighted by molar-refractivity contribution is -0.129. The van der Waals surface area contributed by atoms with Crippen molar-refractivity contribution in [2.45, 2.75) is 38.4 Å². The Morgan fingerprint density at radius 2 is 1.94 bits per heavy atom. The first kappa shape index (κ1) is 22.7. The minimum atomic E-state index is -0.773. The number of hydrogen-bond donors (Lipinski definition) is 3. The van der Waals surface area contributed by atoms with Gasteiger partial charge in [0.1, 0.15) is 18.4 Å². The number of amides is 3. The van der Waals surface area contributed by atoms with E-state index >= 15 is 0 Å². The summed E-state index contributed by atoms with van der Waals surface area (Å²) in [4.78, 5) is 37.3. The number of benzene rings is 2. The zero-order chi connectivity index (χ0) is 23.5. The van der Waals surface area contributed by atoms with Gasteiger partial charge in [-0.05, 0) is 24.5 Å². The van der Waals surface area contributed by atoms with Crippen LogP contribution in [0.1, 0.15) is 35.3 Å². The number of carbonyl (C=O) groups is 3. The zero-order valence-electron chi connectivity index (χ0n) is 17.7. The fourth-order valence-corrected chi connectivity index (χ4v) is 3.91. The number of nitrogens with two attached hydrogens (primary N) is 1. The van der Waals surface area contributed by atoms with Gasteiger partial charge >= 0.3 is 0 Å². The normalized spacial score (nSPS) is 14.1. The molecule has 172 valence electrons. The molecule has 1 fully saturated rings. The quantitative estimate of drug-likeness (QED) is 0.444. The summed E-state index contributed by atoms with van der Waals surface area (Å²) in [6.07, 6.45) is 2.48. The van der Waals surface area contributed by atoms with Gasteiger partial charge in [-0.3, -0.25) is 19.1 Å². The molecule has 10 heteroatoms. The molecule has 1 unspecified atom stereocenters. The maximum atomic E-state index is 14.1. The van der Waals surface area contributed by atoms with Gasteiger partial charge in [-0.25, -0.2) is 4.39 Å². The van der Waals surface area contributed by atoms with Crippen LogP contribution in [-0.4, -0.2) is 33.5 Å². The maximum absolute atomic E-state index is 14.1. The van der Waals surface area contributed by atoms with Crippen LogP contribution in [0, 0.1) is 11.7 Å². The second-order valence-corrected chi connectivity index (χ2v) is 8.52. The van der Waals surface area contributed by atoms with Crippen LogP contribution in [-0.2, 0) is 22.7 Å². The minimum Gasteiger partial charge on any atom is -0.364 e. The summed E-state index contributed by atoms with van der Waals surface area (Å²) in [7, 11) is 0. The molecule has 1 aliphatic carbocycles. The molecule has 2 aromatic carbocycles. The van der Waals surface area contributed by atoms with E-state index in [1.807, 2.05) is 0 Å². The average molecular weight is 472 g/mol. The Kier molecular flexibility index (Phi) is 6.60. The highest BCUT2D eigenvalue weighted by atomic mass is 35.5. The lowest BCUT2D eigenvalue weighted by Crippen LogP contribution is -2.47. The molecule has 4 N–H and O–H groups in total. The topological polar surface area (TPSA) is 119 Å². The molecule has 3 amide bonds. The number of nitrogens with zero attached hydrogens (tertiary/aromatic N) is 2. The highest BCUT2D eigenvalue weighted by Crippen LogP contribution is 2.33. The number of hydrogen-bond acceptors (Lipinski definition) is 4. The Balaban J connectivity index is 1.44. The van der Waals surface area contributed by atoms with Gasteiger partial charge in [0.15, 0.2) is 5.69 Å². The van der Waals surface area contributed by atoms with Crippen molar-refractivity contribution in [1.29, 1.82) is 0 Å². The van der Waals surface area contributed by atoms with Gasteiger partial charge in [-0.15, -0.1) is 0 Å². The molecule has 3 aromatic rings. The van der Waals surface area contributed by atoms with Gasteiger partial charge in [-0.1, -0.05) is 54.8 Å². The molecule has 8 nitrogen and oxygen atoms in total. The number of nitrogens with one attached hydrogen (secondary N) is 2. The van der Waals surface area contributed by atoms with Crippen LogP contribution in [0.25, 0.3) is 10.9 Å². The summed E-state index contributed by atoms with van der Waals surface area (Å²) >= 11 is 5.80. The van der Waals surface area contributed by atoms with Gasteiger partial charge in [0.25, 0.3) is 5.91 Å². The van der Waals surface area contributed by atoms with Crippen molar-refractivity contribution in [3.63, 3.8) is 0 Å². The van der Waals surface area contributed by atoms with Gasteiger partial charge in [0.2, 0.25) is 11.8 Å². The van der Waals surface area contributed by atoms with Crippen LogP contribution in [0.2, 0.25) is 5.02 Å². The van der Waals surface area contributed by atoms with E-state index in [0.717, 1.165) is 12.8 Å². The van der Waals surface area contributed by atoms with Crippen molar-refractivity contribution >= 4 is 40.2 Å². The monoisotopic (exact) mass is 471 g/mol. The molecular weight excluding hydrogens is 449 g/mol. The van der Waals surface area contributed by atoms with Crippen LogP contribution in [0.15, 0.2) is 42.5 Å². The van der Waals surface area contributed by atoms with Crippen molar-refractivity contribution in [1.82, 2.24) is 20.4 Å². The highest BCUT2D eigenvalue weighted by Gasteiger charge is 2.30. The molecule has 0 aliphatic heterocycles. The third-order valence-electron chi connectivity index (χ3n) is 5.59. The van der Waals surface area contributed by atoms with Gasteiger partial charge in [0.05, 0.1) is 10.5 Å². The highest BCUT2D eigenvalue weighted by molar-refractivity contribution is 6.30. The van der Waals surface area contributed by atoms with Crippen molar-refractivity contribution in [2.75, 3.05) is 0 Å². The Morgan fingerprint density at radius 3 is 2.67 bits per heavy atom. The van der Waals surface area contributed by atoms with Crippen LogP contribution >= 0.6 is 11.6 Å². The third kappa shape index (κ3) is 5.31. The second-order valence-electron chi connectivity index (χ2n) is 8.12. The number of halogens is 2. The number of rotatable bonds is 9. The number of aromatic nitrogens is 2. The molecule has 4 rings (SSSR count). The second kappa shape index (κ2) is 9.58. The van der Waals surface area contributed by atoms with Crippen LogP contribution in [0.4, 0.5) is 4.39 Å². The largest absolute Gasteiger partial charge is 0.364 e. The molecule has 33 heavy (non-hydrogen) atoms.